The molecule has 7 heteroatoms. The van der Waals surface area contributed by atoms with E-state index in [4.69, 9.17) is 11.6 Å². The Morgan fingerprint density at radius 3 is 2.38 bits per heavy atom. The third kappa shape index (κ3) is 4.39. The number of aromatic nitrogens is 2. The van der Waals surface area contributed by atoms with E-state index in [0.29, 0.717) is 10.8 Å². The van der Waals surface area contributed by atoms with Crippen LogP contribution in [0.15, 0.2) is 65.8 Å². The van der Waals surface area contributed by atoms with Gasteiger partial charge in [-0.05, 0) is 42.3 Å². The summed E-state index contributed by atoms with van der Waals surface area (Å²) in [7, 11) is -3.30. The van der Waals surface area contributed by atoms with E-state index in [-0.39, 0.29) is 10.9 Å². The van der Waals surface area contributed by atoms with E-state index in [1.807, 2.05) is 31.2 Å². The van der Waals surface area contributed by atoms with Crippen LogP contribution in [0.1, 0.15) is 22.9 Å². The first-order valence-corrected chi connectivity index (χ1v) is 10.2. The number of halogens is 1. The molecule has 0 aliphatic rings. The van der Waals surface area contributed by atoms with Crippen molar-refractivity contribution in [3.8, 4) is 0 Å². The monoisotopic (exact) mass is 387 g/mol. The molecule has 1 aromatic heterocycles. The highest BCUT2D eigenvalue weighted by molar-refractivity contribution is 7.90. The Balaban J connectivity index is 2.07. The number of hydrogen-bond acceptors (Lipinski definition) is 5. The van der Waals surface area contributed by atoms with E-state index in [2.05, 4.69) is 15.3 Å². The summed E-state index contributed by atoms with van der Waals surface area (Å²) >= 11 is 6.01. The van der Waals surface area contributed by atoms with Gasteiger partial charge in [0.05, 0.1) is 10.9 Å². The Morgan fingerprint density at radius 1 is 1.00 bits per heavy atom. The minimum Gasteiger partial charge on any atom is -0.359 e. The average molecular weight is 388 g/mol. The standard InChI is InChI=1S/C19H18ClN3O2S/c1-13-10-18(22-12-21-13)23-19(14-6-8-16(20)9-7-14)15-4-3-5-17(11-15)26(2,24)25/h3-12,19H,1-2H3,(H,21,22,23)/t19-/m0/s1. The summed E-state index contributed by atoms with van der Waals surface area (Å²) < 4.78 is 23.9. The van der Waals surface area contributed by atoms with Gasteiger partial charge in [0.2, 0.25) is 0 Å². The van der Waals surface area contributed by atoms with Gasteiger partial charge >= 0.3 is 0 Å². The highest BCUT2D eigenvalue weighted by Crippen LogP contribution is 2.28. The molecule has 1 heterocycles. The molecule has 0 bridgehead atoms. The van der Waals surface area contributed by atoms with E-state index in [9.17, 15) is 8.42 Å². The SMILES string of the molecule is Cc1cc(N[C@@H](c2ccc(Cl)cc2)c2cccc(S(C)(=O)=O)c2)ncn1. The number of anilines is 1. The molecule has 1 atom stereocenters. The van der Waals surface area contributed by atoms with Crippen LogP contribution in [-0.4, -0.2) is 24.6 Å². The Labute approximate surface area is 158 Å². The molecule has 2 aromatic carbocycles. The van der Waals surface area contributed by atoms with Crippen LogP contribution in [0.3, 0.4) is 0 Å². The molecule has 0 unspecified atom stereocenters. The molecular formula is C19H18ClN3O2S. The maximum atomic E-state index is 11.9. The fourth-order valence-corrected chi connectivity index (χ4v) is 3.42. The third-order valence-electron chi connectivity index (χ3n) is 3.92. The fourth-order valence-electron chi connectivity index (χ4n) is 2.62. The van der Waals surface area contributed by atoms with Crippen LogP contribution in [0.25, 0.3) is 0 Å². The van der Waals surface area contributed by atoms with E-state index in [1.165, 1.54) is 12.6 Å². The van der Waals surface area contributed by atoms with Gasteiger partial charge in [-0.15, -0.1) is 0 Å². The van der Waals surface area contributed by atoms with Crippen LogP contribution in [-0.2, 0) is 9.84 Å². The zero-order valence-electron chi connectivity index (χ0n) is 14.3. The van der Waals surface area contributed by atoms with Crippen LogP contribution in [0.4, 0.5) is 5.82 Å². The number of hydrogen-bond donors (Lipinski definition) is 1. The summed E-state index contributed by atoms with van der Waals surface area (Å²) in [6, 6.07) is 15.8. The normalized spacial score (nSPS) is 12.6. The maximum Gasteiger partial charge on any atom is 0.175 e. The van der Waals surface area contributed by atoms with Gasteiger partial charge in [0.1, 0.15) is 12.1 Å². The second-order valence-corrected chi connectivity index (χ2v) is 8.47. The van der Waals surface area contributed by atoms with Crippen molar-refractivity contribution in [3.63, 3.8) is 0 Å². The van der Waals surface area contributed by atoms with Gasteiger partial charge in [-0.3, -0.25) is 0 Å². The molecule has 0 radical (unpaired) electrons. The zero-order chi connectivity index (χ0) is 18.7. The topological polar surface area (TPSA) is 72.0 Å². The van der Waals surface area contributed by atoms with Crippen LogP contribution < -0.4 is 5.32 Å². The smallest absolute Gasteiger partial charge is 0.175 e. The Bertz CT molecular complexity index is 1020. The average Bonchev–Trinajstić information content (AvgIpc) is 2.60. The number of nitrogens with zero attached hydrogens (tertiary/aromatic N) is 2. The summed E-state index contributed by atoms with van der Waals surface area (Å²) in [6.07, 6.45) is 2.69. The molecule has 26 heavy (non-hydrogen) atoms. The van der Waals surface area contributed by atoms with Crippen molar-refractivity contribution in [2.75, 3.05) is 11.6 Å². The molecular weight excluding hydrogens is 370 g/mol. The third-order valence-corrected chi connectivity index (χ3v) is 5.28. The summed E-state index contributed by atoms with van der Waals surface area (Å²) in [5.74, 6) is 0.655. The molecule has 0 fully saturated rings. The van der Waals surface area contributed by atoms with Crippen molar-refractivity contribution < 1.29 is 8.42 Å². The number of rotatable bonds is 5. The lowest BCUT2D eigenvalue weighted by Crippen LogP contribution is -2.14. The summed E-state index contributed by atoms with van der Waals surface area (Å²) in [5.41, 5.74) is 2.59. The number of nitrogens with one attached hydrogen (secondary N) is 1. The predicted octanol–water partition coefficient (Wildman–Crippen LogP) is 4.04. The second-order valence-electron chi connectivity index (χ2n) is 6.02. The van der Waals surface area contributed by atoms with Gasteiger partial charge in [0, 0.05) is 23.0 Å². The van der Waals surface area contributed by atoms with Crippen molar-refractivity contribution in [1.29, 1.82) is 0 Å². The van der Waals surface area contributed by atoms with E-state index in [1.54, 1.807) is 30.3 Å². The molecule has 134 valence electrons. The lowest BCUT2D eigenvalue weighted by Gasteiger charge is -2.21. The van der Waals surface area contributed by atoms with Crippen LogP contribution in [0.5, 0.6) is 0 Å². The van der Waals surface area contributed by atoms with Gasteiger partial charge in [-0.1, -0.05) is 35.9 Å². The highest BCUT2D eigenvalue weighted by Gasteiger charge is 2.17. The first-order valence-electron chi connectivity index (χ1n) is 7.93. The Hall–Kier alpha value is -2.44. The lowest BCUT2D eigenvalue weighted by atomic mass is 9.98. The Morgan fingerprint density at radius 2 is 1.73 bits per heavy atom. The van der Waals surface area contributed by atoms with Gasteiger partial charge in [-0.25, -0.2) is 18.4 Å². The zero-order valence-corrected chi connectivity index (χ0v) is 15.9. The van der Waals surface area contributed by atoms with Crippen LogP contribution in [0, 0.1) is 6.92 Å². The summed E-state index contributed by atoms with van der Waals surface area (Å²) in [6.45, 7) is 1.88. The minimum absolute atomic E-state index is 0.273. The van der Waals surface area contributed by atoms with Crippen LogP contribution in [0.2, 0.25) is 5.02 Å². The molecule has 1 N–H and O–H groups in total. The molecule has 0 saturated carbocycles. The van der Waals surface area contributed by atoms with Gasteiger partial charge in [-0.2, -0.15) is 0 Å². The first kappa shape index (κ1) is 18.4. The fraction of sp³-hybridized carbons (Fsp3) is 0.158. The minimum atomic E-state index is -3.30. The number of sulfone groups is 1. The van der Waals surface area contributed by atoms with Crippen molar-refractivity contribution in [1.82, 2.24) is 9.97 Å². The molecule has 3 rings (SSSR count). The molecule has 0 saturated heterocycles. The molecule has 0 amide bonds. The van der Waals surface area contributed by atoms with Gasteiger partial charge in [0.25, 0.3) is 0 Å². The highest BCUT2D eigenvalue weighted by atomic mass is 35.5. The Kier molecular flexibility index (Phi) is 5.25. The van der Waals surface area contributed by atoms with Crippen molar-refractivity contribution in [3.05, 3.63) is 82.8 Å². The van der Waals surface area contributed by atoms with Gasteiger partial charge in [0.15, 0.2) is 9.84 Å². The summed E-state index contributed by atoms with van der Waals surface area (Å²) in [5, 5.41) is 4.00. The molecule has 0 spiro atoms. The molecule has 3 aromatic rings. The number of benzene rings is 2. The molecule has 0 aliphatic carbocycles. The van der Waals surface area contributed by atoms with E-state index in [0.717, 1.165) is 16.8 Å². The second kappa shape index (κ2) is 7.43. The van der Waals surface area contributed by atoms with E-state index >= 15 is 0 Å². The summed E-state index contributed by atoms with van der Waals surface area (Å²) in [4.78, 5) is 8.63. The largest absolute Gasteiger partial charge is 0.359 e. The number of aryl methyl sites for hydroxylation is 1. The molecule has 5 nitrogen and oxygen atoms in total. The van der Waals surface area contributed by atoms with Gasteiger partial charge < -0.3 is 5.32 Å². The quantitative estimate of drug-likeness (QED) is 0.715. The van der Waals surface area contributed by atoms with Crippen molar-refractivity contribution >= 4 is 27.3 Å². The maximum absolute atomic E-state index is 11.9. The lowest BCUT2D eigenvalue weighted by molar-refractivity contribution is 0.601. The van der Waals surface area contributed by atoms with Crippen molar-refractivity contribution in [2.24, 2.45) is 0 Å². The molecule has 0 aliphatic heterocycles. The first-order chi connectivity index (χ1) is 12.3. The van der Waals surface area contributed by atoms with Crippen molar-refractivity contribution in [2.45, 2.75) is 17.9 Å². The van der Waals surface area contributed by atoms with Crippen LogP contribution >= 0.6 is 11.6 Å². The predicted molar refractivity (Wildman–Crippen MR) is 103 cm³/mol. The van der Waals surface area contributed by atoms with E-state index < -0.39 is 9.84 Å².